The Kier molecular flexibility index (Phi) is 5.31. The molecule has 0 aromatic heterocycles. The number of nitrogens with one attached hydrogen (secondary N) is 1. The average molecular weight is 193 g/mol. The molecule has 1 saturated heterocycles. The minimum Gasteiger partial charge on any atom is -0.316 e. The van der Waals surface area contributed by atoms with Gasteiger partial charge >= 0.3 is 0 Å². The van der Waals surface area contributed by atoms with E-state index in [-0.39, 0.29) is 1.43 Å². The lowest BCUT2D eigenvalue weighted by molar-refractivity contribution is 0.358. The van der Waals surface area contributed by atoms with Gasteiger partial charge in [0.05, 0.1) is 0 Å². The Morgan fingerprint density at radius 2 is 2.36 bits per heavy atom. The van der Waals surface area contributed by atoms with Gasteiger partial charge in [0.1, 0.15) is 0 Å². The first-order valence-corrected chi connectivity index (χ1v) is 5.51. The monoisotopic (exact) mass is 193 g/mol. The third kappa shape index (κ3) is 3.93. The molecule has 14 heavy (non-hydrogen) atoms. The van der Waals surface area contributed by atoms with E-state index in [1.165, 1.54) is 37.9 Å². The van der Waals surface area contributed by atoms with Gasteiger partial charge in [-0.2, -0.15) is 0 Å². The fraction of sp³-hybridized carbons (Fsp3) is 0.538. The highest BCUT2D eigenvalue weighted by Gasteiger charge is 2.12. The summed E-state index contributed by atoms with van der Waals surface area (Å²) in [7, 11) is 0. The standard InChI is InChI=1S/C13H21N.H2/c1-3-6-12(4-2)8-9-13-7-5-10-14-11-13;/h3-4,6,13-14H,1-2,5,7-11H2;1H/b12-6+;. The van der Waals surface area contributed by atoms with Crippen LogP contribution < -0.4 is 5.32 Å². The molecule has 1 unspecified atom stereocenters. The summed E-state index contributed by atoms with van der Waals surface area (Å²) < 4.78 is 0. The van der Waals surface area contributed by atoms with Gasteiger partial charge in [-0.1, -0.05) is 31.4 Å². The van der Waals surface area contributed by atoms with Gasteiger partial charge in [0.2, 0.25) is 0 Å². The predicted molar refractivity (Wildman–Crippen MR) is 65.4 cm³/mol. The van der Waals surface area contributed by atoms with E-state index in [4.69, 9.17) is 0 Å². The first-order valence-electron chi connectivity index (χ1n) is 5.51. The van der Waals surface area contributed by atoms with Crippen LogP contribution in [0.2, 0.25) is 0 Å². The molecule has 1 rings (SSSR count). The lowest BCUT2D eigenvalue weighted by Gasteiger charge is -2.22. The van der Waals surface area contributed by atoms with Crippen LogP contribution in [0.3, 0.4) is 0 Å². The van der Waals surface area contributed by atoms with Crippen molar-refractivity contribution < 1.29 is 1.43 Å². The minimum atomic E-state index is 0. The Hall–Kier alpha value is -0.820. The first kappa shape index (κ1) is 11.3. The zero-order valence-corrected chi connectivity index (χ0v) is 8.97. The van der Waals surface area contributed by atoms with Crippen LogP contribution in [-0.2, 0) is 0 Å². The lowest BCUT2D eigenvalue weighted by atomic mass is 9.92. The first-order chi connectivity index (χ1) is 6.86. The van der Waals surface area contributed by atoms with E-state index >= 15 is 0 Å². The molecule has 0 saturated carbocycles. The van der Waals surface area contributed by atoms with Crippen molar-refractivity contribution in [2.75, 3.05) is 13.1 Å². The van der Waals surface area contributed by atoms with Gasteiger partial charge in [-0.25, -0.2) is 0 Å². The minimum absolute atomic E-state index is 0. The second kappa shape index (κ2) is 6.61. The quantitative estimate of drug-likeness (QED) is 0.661. The fourth-order valence-electron chi connectivity index (χ4n) is 1.95. The zero-order valence-electron chi connectivity index (χ0n) is 8.97. The average Bonchev–Trinajstić information content (AvgIpc) is 2.25. The molecule has 0 bridgehead atoms. The molecule has 1 atom stereocenters. The summed E-state index contributed by atoms with van der Waals surface area (Å²) in [5.41, 5.74) is 1.31. The van der Waals surface area contributed by atoms with E-state index in [2.05, 4.69) is 24.6 Å². The van der Waals surface area contributed by atoms with Crippen LogP contribution >= 0.6 is 0 Å². The van der Waals surface area contributed by atoms with Gasteiger partial charge in [-0.05, 0) is 50.3 Å². The highest BCUT2D eigenvalue weighted by Crippen LogP contribution is 2.19. The van der Waals surface area contributed by atoms with E-state index in [9.17, 15) is 0 Å². The Morgan fingerprint density at radius 1 is 1.50 bits per heavy atom. The fourth-order valence-corrected chi connectivity index (χ4v) is 1.95. The van der Waals surface area contributed by atoms with Gasteiger partial charge in [-0.3, -0.25) is 0 Å². The molecule has 0 aliphatic carbocycles. The van der Waals surface area contributed by atoms with Crippen LogP contribution in [0.1, 0.15) is 27.1 Å². The Morgan fingerprint density at radius 3 is 2.93 bits per heavy atom. The highest BCUT2D eigenvalue weighted by molar-refractivity contribution is 5.20. The molecular weight excluding hydrogens is 170 g/mol. The number of rotatable bonds is 5. The van der Waals surface area contributed by atoms with Crippen LogP contribution in [0.25, 0.3) is 0 Å². The normalized spacial score (nSPS) is 23.1. The molecule has 0 aromatic rings. The molecule has 1 heteroatoms. The number of allylic oxidation sites excluding steroid dienone is 4. The van der Waals surface area contributed by atoms with E-state index < -0.39 is 0 Å². The summed E-state index contributed by atoms with van der Waals surface area (Å²) in [6, 6.07) is 0. The van der Waals surface area contributed by atoms with Crippen LogP contribution in [0.15, 0.2) is 37.0 Å². The van der Waals surface area contributed by atoms with E-state index in [0.29, 0.717) is 0 Å². The largest absolute Gasteiger partial charge is 0.316 e. The molecule has 1 heterocycles. The van der Waals surface area contributed by atoms with Crippen molar-refractivity contribution in [3.63, 3.8) is 0 Å². The maximum atomic E-state index is 3.81. The van der Waals surface area contributed by atoms with E-state index in [1.807, 2.05) is 12.2 Å². The third-order valence-corrected chi connectivity index (χ3v) is 2.83. The summed E-state index contributed by atoms with van der Waals surface area (Å²) in [5, 5.41) is 3.44. The molecule has 0 aromatic carbocycles. The molecular formula is C13H23N. The SMILES string of the molecule is C=C/C=C(\C=C)CCC1CCCNC1.[HH]. The number of hydrogen-bond donors (Lipinski definition) is 1. The molecule has 80 valence electrons. The summed E-state index contributed by atoms with van der Waals surface area (Å²) in [6.07, 6.45) is 11.0. The molecule has 1 nitrogen and oxygen atoms in total. The van der Waals surface area contributed by atoms with Crippen molar-refractivity contribution >= 4 is 0 Å². The van der Waals surface area contributed by atoms with Crippen molar-refractivity contribution in [3.05, 3.63) is 37.0 Å². The maximum absolute atomic E-state index is 3.81. The van der Waals surface area contributed by atoms with Crippen molar-refractivity contribution in [2.24, 2.45) is 5.92 Å². The Labute approximate surface area is 89.1 Å². The summed E-state index contributed by atoms with van der Waals surface area (Å²) in [4.78, 5) is 0. The number of piperidine rings is 1. The molecule has 1 aliphatic heterocycles. The molecule has 1 N–H and O–H groups in total. The highest BCUT2D eigenvalue weighted by atomic mass is 14.9. The van der Waals surface area contributed by atoms with Gasteiger partial charge < -0.3 is 5.32 Å². The van der Waals surface area contributed by atoms with Gasteiger partial charge in [0.15, 0.2) is 0 Å². The third-order valence-electron chi connectivity index (χ3n) is 2.83. The summed E-state index contributed by atoms with van der Waals surface area (Å²) >= 11 is 0. The van der Waals surface area contributed by atoms with Crippen LogP contribution in [0.4, 0.5) is 0 Å². The van der Waals surface area contributed by atoms with Gasteiger partial charge in [-0.15, -0.1) is 0 Å². The second-order valence-corrected chi connectivity index (χ2v) is 3.93. The van der Waals surface area contributed by atoms with Crippen molar-refractivity contribution in [1.82, 2.24) is 5.32 Å². The van der Waals surface area contributed by atoms with Crippen molar-refractivity contribution in [1.29, 1.82) is 0 Å². The van der Waals surface area contributed by atoms with Crippen LogP contribution in [0.5, 0.6) is 0 Å². The molecule has 1 fully saturated rings. The summed E-state index contributed by atoms with van der Waals surface area (Å²) in [6.45, 7) is 9.91. The lowest BCUT2D eigenvalue weighted by Crippen LogP contribution is -2.29. The molecule has 0 radical (unpaired) electrons. The Bertz CT molecular complexity index is 215. The topological polar surface area (TPSA) is 12.0 Å². The van der Waals surface area contributed by atoms with E-state index in [1.54, 1.807) is 0 Å². The van der Waals surface area contributed by atoms with Crippen molar-refractivity contribution in [3.8, 4) is 0 Å². The van der Waals surface area contributed by atoms with Gasteiger partial charge in [0, 0.05) is 1.43 Å². The van der Waals surface area contributed by atoms with E-state index in [0.717, 1.165) is 12.3 Å². The number of hydrogen-bond acceptors (Lipinski definition) is 1. The van der Waals surface area contributed by atoms with Crippen LogP contribution in [-0.4, -0.2) is 13.1 Å². The maximum Gasteiger partial charge on any atom is 0 e. The van der Waals surface area contributed by atoms with Crippen LogP contribution in [0, 0.1) is 5.92 Å². The smallest absolute Gasteiger partial charge is 0 e. The molecule has 0 amide bonds. The van der Waals surface area contributed by atoms with Gasteiger partial charge in [0.25, 0.3) is 0 Å². The molecule has 0 spiro atoms. The predicted octanol–water partition coefficient (Wildman–Crippen LogP) is 3.31. The second-order valence-electron chi connectivity index (χ2n) is 3.93. The summed E-state index contributed by atoms with van der Waals surface area (Å²) in [5.74, 6) is 0.858. The Balaban J connectivity index is 0.00000196. The zero-order chi connectivity index (χ0) is 10.2. The molecule has 1 aliphatic rings. The van der Waals surface area contributed by atoms with Crippen molar-refractivity contribution in [2.45, 2.75) is 25.7 Å².